The molecule has 9 nitrogen and oxygen atoms in total. The lowest BCUT2D eigenvalue weighted by molar-refractivity contribution is 0.319. The summed E-state index contributed by atoms with van der Waals surface area (Å²) >= 11 is 0. The molecule has 0 aliphatic rings. The summed E-state index contributed by atoms with van der Waals surface area (Å²) in [6.07, 6.45) is 2.68. The van der Waals surface area contributed by atoms with E-state index in [1.807, 2.05) is 0 Å². The van der Waals surface area contributed by atoms with Gasteiger partial charge in [-0.2, -0.15) is 9.90 Å². The van der Waals surface area contributed by atoms with Crippen LogP contribution in [0.25, 0.3) is 0 Å². The van der Waals surface area contributed by atoms with Crippen LogP contribution in [0.15, 0.2) is 17.4 Å². The maximum Gasteiger partial charge on any atom is 0.201 e. The standard InChI is InChI=1S/C10H14N6O3S/c1-7-12-4-8(10(11)14-7)6-16-13-5-9(15-16)20(18,19)3-2-17/h4-5,17H,2-3,6H2,1H3,(H2,11,12,14). The first-order valence-corrected chi connectivity index (χ1v) is 7.39. The average Bonchev–Trinajstić information content (AvgIpc) is 2.82. The SMILES string of the molecule is Cc1ncc(Cn2ncc(S(=O)(=O)CCO)n2)c(N)n1. The molecule has 0 fully saturated rings. The Morgan fingerprint density at radius 3 is 2.80 bits per heavy atom. The van der Waals surface area contributed by atoms with Crippen molar-refractivity contribution in [3.05, 3.63) is 23.8 Å². The molecule has 0 saturated carbocycles. The van der Waals surface area contributed by atoms with Crippen LogP contribution in [-0.2, 0) is 16.4 Å². The largest absolute Gasteiger partial charge is 0.395 e. The predicted molar refractivity (Wildman–Crippen MR) is 69.4 cm³/mol. The molecule has 2 aromatic heterocycles. The Bertz CT molecular complexity index is 712. The summed E-state index contributed by atoms with van der Waals surface area (Å²) in [5.41, 5.74) is 6.33. The van der Waals surface area contributed by atoms with Crippen LogP contribution in [0, 0.1) is 6.92 Å². The van der Waals surface area contributed by atoms with Gasteiger partial charge in [-0.1, -0.05) is 0 Å². The fraction of sp³-hybridized carbons (Fsp3) is 0.400. The van der Waals surface area contributed by atoms with E-state index in [2.05, 4.69) is 20.2 Å². The van der Waals surface area contributed by atoms with Gasteiger partial charge in [0.1, 0.15) is 11.6 Å². The van der Waals surface area contributed by atoms with E-state index in [1.165, 1.54) is 4.80 Å². The normalized spacial score (nSPS) is 11.7. The minimum absolute atomic E-state index is 0.167. The van der Waals surface area contributed by atoms with Crippen LogP contribution in [-0.4, -0.2) is 50.8 Å². The van der Waals surface area contributed by atoms with Crippen molar-refractivity contribution < 1.29 is 13.5 Å². The monoisotopic (exact) mass is 298 g/mol. The quantitative estimate of drug-likeness (QED) is 0.700. The second-order valence-electron chi connectivity index (χ2n) is 4.08. The number of aliphatic hydroxyl groups excluding tert-OH is 1. The zero-order valence-electron chi connectivity index (χ0n) is 10.8. The van der Waals surface area contributed by atoms with Crippen LogP contribution in [0.5, 0.6) is 0 Å². The molecule has 0 radical (unpaired) electrons. The van der Waals surface area contributed by atoms with E-state index in [9.17, 15) is 8.42 Å². The highest BCUT2D eigenvalue weighted by Crippen LogP contribution is 2.10. The van der Waals surface area contributed by atoms with Crippen molar-refractivity contribution in [2.45, 2.75) is 18.5 Å². The Balaban J connectivity index is 2.22. The Morgan fingerprint density at radius 1 is 1.40 bits per heavy atom. The third-order valence-corrected chi connectivity index (χ3v) is 4.07. The number of rotatable bonds is 5. The smallest absolute Gasteiger partial charge is 0.201 e. The number of aryl methyl sites for hydroxylation is 1. The second-order valence-corrected chi connectivity index (χ2v) is 6.14. The maximum atomic E-state index is 11.7. The number of sulfone groups is 1. The highest BCUT2D eigenvalue weighted by Gasteiger charge is 2.18. The number of anilines is 1. The van der Waals surface area contributed by atoms with Crippen molar-refractivity contribution in [1.29, 1.82) is 0 Å². The highest BCUT2D eigenvalue weighted by molar-refractivity contribution is 7.91. The number of aliphatic hydroxyl groups is 1. The van der Waals surface area contributed by atoms with Crippen molar-refractivity contribution in [3.8, 4) is 0 Å². The number of aromatic nitrogens is 5. The van der Waals surface area contributed by atoms with Crippen LogP contribution in [0.3, 0.4) is 0 Å². The molecule has 0 bridgehead atoms. The summed E-state index contributed by atoms with van der Waals surface area (Å²) in [5, 5.41) is 16.2. The summed E-state index contributed by atoms with van der Waals surface area (Å²) in [6.45, 7) is 1.42. The Hall–Kier alpha value is -2.07. The molecule has 0 amide bonds. The second kappa shape index (κ2) is 5.51. The van der Waals surface area contributed by atoms with Crippen molar-refractivity contribution in [3.63, 3.8) is 0 Å². The van der Waals surface area contributed by atoms with Gasteiger partial charge in [0.05, 0.1) is 25.1 Å². The van der Waals surface area contributed by atoms with Gasteiger partial charge in [-0.15, -0.1) is 5.10 Å². The van der Waals surface area contributed by atoms with Crippen LogP contribution in [0.2, 0.25) is 0 Å². The highest BCUT2D eigenvalue weighted by atomic mass is 32.2. The van der Waals surface area contributed by atoms with Gasteiger partial charge in [0.2, 0.25) is 9.84 Å². The molecule has 2 rings (SSSR count). The van der Waals surface area contributed by atoms with Gasteiger partial charge < -0.3 is 10.8 Å². The van der Waals surface area contributed by atoms with E-state index in [0.29, 0.717) is 17.2 Å². The molecule has 0 spiro atoms. The fourth-order valence-corrected chi connectivity index (χ4v) is 2.39. The van der Waals surface area contributed by atoms with E-state index < -0.39 is 16.4 Å². The zero-order chi connectivity index (χ0) is 14.8. The molecule has 0 aliphatic carbocycles. The number of hydrogen-bond acceptors (Lipinski definition) is 8. The van der Waals surface area contributed by atoms with Crippen molar-refractivity contribution >= 4 is 15.7 Å². The molecule has 0 aliphatic heterocycles. The molecular weight excluding hydrogens is 284 g/mol. The molecular formula is C10H14N6O3S. The van der Waals surface area contributed by atoms with Gasteiger partial charge >= 0.3 is 0 Å². The van der Waals surface area contributed by atoms with Gasteiger partial charge in [-0.3, -0.25) is 0 Å². The van der Waals surface area contributed by atoms with Gasteiger partial charge in [0, 0.05) is 11.8 Å². The first-order valence-electron chi connectivity index (χ1n) is 5.74. The Kier molecular flexibility index (Phi) is 3.95. The van der Waals surface area contributed by atoms with Crippen LogP contribution < -0.4 is 5.73 Å². The molecule has 0 saturated heterocycles. The Labute approximate surface area is 115 Å². The minimum Gasteiger partial charge on any atom is -0.395 e. The lowest BCUT2D eigenvalue weighted by Gasteiger charge is -2.04. The maximum absolute atomic E-state index is 11.7. The molecule has 108 valence electrons. The number of nitrogen functional groups attached to an aromatic ring is 1. The van der Waals surface area contributed by atoms with Crippen LogP contribution in [0.1, 0.15) is 11.4 Å². The third-order valence-electron chi connectivity index (χ3n) is 2.52. The van der Waals surface area contributed by atoms with E-state index in [4.69, 9.17) is 10.8 Å². The van der Waals surface area contributed by atoms with Crippen LogP contribution >= 0.6 is 0 Å². The van der Waals surface area contributed by atoms with E-state index in [-0.39, 0.29) is 17.3 Å². The van der Waals surface area contributed by atoms with E-state index >= 15 is 0 Å². The minimum atomic E-state index is -3.61. The van der Waals surface area contributed by atoms with Crippen molar-refractivity contribution in [2.75, 3.05) is 18.1 Å². The topological polar surface area (TPSA) is 137 Å². The van der Waals surface area contributed by atoms with Gasteiger partial charge in [-0.05, 0) is 6.92 Å². The van der Waals surface area contributed by atoms with E-state index in [0.717, 1.165) is 6.20 Å². The third kappa shape index (κ3) is 3.08. The number of nitrogens with two attached hydrogens (primary N) is 1. The summed E-state index contributed by atoms with van der Waals surface area (Å²) < 4.78 is 23.4. The lowest BCUT2D eigenvalue weighted by atomic mass is 10.3. The number of nitrogens with zero attached hydrogens (tertiary/aromatic N) is 5. The zero-order valence-corrected chi connectivity index (χ0v) is 11.6. The molecule has 0 unspecified atom stereocenters. The predicted octanol–water partition coefficient (Wildman–Crippen LogP) is -1.23. The molecule has 0 atom stereocenters. The first kappa shape index (κ1) is 14.3. The fourth-order valence-electron chi connectivity index (χ4n) is 1.51. The lowest BCUT2D eigenvalue weighted by Crippen LogP contribution is -2.12. The van der Waals surface area contributed by atoms with Crippen molar-refractivity contribution in [1.82, 2.24) is 25.0 Å². The summed E-state index contributed by atoms with van der Waals surface area (Å²) in [5.74, 6) is 0.460. The van der Waals surface area contributed by atoms with Crippen molar-refractivity contribution in [2.24, 2.45) is 0 Å². The molecule has 3 N–H and O–H groups in total. The first-order chi connectivity index (χ1) is 9.42. The summed E-state index contributed by atoms with van der Waals surface area (Å²) in [4.78, 5) is 9.20. The van der Waals surface area contributed by atoms with E-state index in [1.54, 1.807) is 13.1 Å². The molecule has 2 heterocycles. The Morgan fingerprint density at radius 2 is 2.15 bits per heavy atom. The van der Waals surface area contributed by atoms with Gasteiger partial charge in [-0.25, -0.2) is 18.4 Å². The molecule has 20 heavy (non-hydrogen) atoms. The average molecular weight is 298 g/mol. The number of hydrogen-bond donors (Lipinski definition) is 2. The molecule has 10 heteroatoms. The van der Waals surface area contributed by atoms with Gasteiger partial charge in [0.15, 0.2) is 5.03 Å². The molecule has 0 aromatic carbocycles. The summed E-state index contributed by atoms with van der Waals surface area (Å²) in [7, 11) is -3.61. The summed E-state index contributed by atoms with van der Waals surface area (Å²) in [6, 6.07) is 0. The van der Waals surface area contributed by atoms with Gasteiger partial charge in [0.25, 0.3) is 0 Å². The van der Waals surface area contributed by atoms with Crippen LogP contribution in [0.4, 0.5) is 5.82 Å². The molecule has 2 aromatic rings.